The number of halogens is 2. The van der Waals surface area contributed by atoms with Crippen molar-refractivity contribution < 1.29 is 14.5 Å². The molecule has 1 amide bonds. The third-order valence-electron chi connectivity index (χ3n) is 4.42. The minimum absolute atomic E-state index is 0.132. The number of pyridine rings is 1. The van der Waals surface area contributed by atoms with Gasteiger partial charge >= 0.3 is 5.82 Å². The molecule has 0 N–H and O–H groups in total. The van der Waals surface area contributed by atoms with E-state index in [4.69, 9.17) is 27.9 Å². The first-order valence-electron chi connectivity index (χ1n) is 8.61. The number of piperazine rings is 1. The van der Waals surface area contributed by atoms with Crippen molar-refractivity contribution >= 4 is 40.6 Å². The van der Waals surface area contributed by atoms with Crippen molar-refractivity contribution in [2.75, 3.05) is 31.1 Å². The fourth-order valence-corrected chi connectivity index (χ4v) is 3.38. The molecule has 1 aliphatic heterocycles. The number of amides is 1. The van der Waals surface area contributed by atoms with Crippen LogP contribution in [0.4, 0.5) is 11.5 Å². The highest BCUT2D eigenvalue weighted by molar-refractivity contribution is 6.35. The highest BCUT2D eigenvalue weighted by atomic mass is 35.5. The van der Waals surface area contributed by atoms with Crippen molar-refractivity contribution in [2.45, 2.75) is 13.0 Å². The number of ether oxygens (including phenoxy) is 1. The summed E-state index contributed by atoms with van der Waals surface area (Å²) in [5, 5.41) is 11.5. The summed E-state index contributed by atoms with van der Waals surface area (Å²) in [5.41, 5.74) is 0.787. The zero-order valence-electron chi connectivity index (χ0n) is 15.0. The number of aromatic nitrogens is 1. The lowest BCUT2D eigenvalue weighted by atomic mass is 10.2. The SMILES string of the molecule is CC(Oc1ccc(Cl)cc1Cl)C(=O)N1CCN(c2ccc([N+](=O)[O-])nc2)CC1. The number of nitro groups is 1. The lowest BCUT2D eigenvalue weighted by molar-refractivity contribution is -0.389. The Labute approximate surface area is 171 Å². The first kappa shape index (κ1) is 20.2. The van der Waals surface area contributed by atoms with Crippen molar-refractivity contribution in [2.24, 2.45) is 0 Å². The molecule has 1 aliphatic rings. The minimum atomic E-state index is -0.689. The van der Waals surface area contributed by atoms with Crippen molar-refractivity contribution in [3.8, 4) is 5.75 Å². The van der Waals surface area contributed by atoms with Crippen LogP contribution >= 0.6 is 23.2 Å². The quantitative estimate of drug-likeness (QED) is 0.539. The van der Waals surface area contributed by atoms with Gasteiger partial charge in [0, 0.05) is 37.3 Å². The second kappa shape index (κ2) is 8.62. The molecule has 0 saturated carbocycles. The molecule has 1 unspecified atom stereocenters. The average molecular weight is 425 g/mol. The first-order chi connectivity index (χ1) is 13.3. The highest BCUT2D eigenvalue weighted by Gasteiger charge is 2.27. The van der Waals surface area contributed by atoms with Crippen LogP contribution in [-0.2, 0) is 4.79 Å². The summed E-state index contributed by atoms with van der Waals surface area (Å²) in [5.74, 6) is 0.0828. The molecule has 0 bridgehead atoms. The van der Waals surface area contributed by atoms with E-state index >= 15 is 0 Å². The standard InChI is InChI=1S/C18H18Cl2N4O4/c1-12(28-16-4-2-13(19)10-15(16)20)18(25)23-8-6-22(7-9-23)14-3-5-17(21-11-14)24(26)27/h2-5,10-12H,6-9H2,1H3. The Morgan fingerprint density at radius 3 is 2.50 bits per heavy atom. The number of carbonyl (C=O) groups excluding carboxylic acids is 1. The Bertz CT molecular complexity index is 870. The predicted octanol–water partition coefficient (Wildman–Crippen LogP) is 3.41. The topological polar surface area (TPSA) is 88.8 Å². The first-order valence-corrected chi connectivity index (χ1v) is 9.36. The number of carbonyl (C=O) groups is 1. The van der Waals surface area contributed by atoms with Gasteiger partial charge in [0.1, 0.15) is 5.75 Å². The van der Waals surface area contributed by atoms with Crippen LogP contribution in [0.25, 0.3) is 0 Å². The zero-order valence-corrected chi connectivity index (χ0v) is 16.6. The maximum absolute atomic E-state index is 12.7. The molecule has 1 saturated heterocycles. The largest absolute Gasteiger partial charge is 0.479 e. The van der Waals surface area contributed by atoms with E-state index in [-0.39, 0.29) is 11.7 Å². The molecular formula is C18H18Cl2N4O4. The van der Waals surface area contributed by atoms with Crippen LogP contribution < -0.4 is 9.64 Å². The molecule has 0 aliphatic carbocycles. The fourth-order valence-electron chi connectivity index (χ4n) is 2.93. The normalized spacial score (nSPS) is 15.2. The van der Waals surface area contributed by atoms with E-state index in [1.807, 2.05) is 4.90 Å². The number of rotatable bonds is 5. The molecule has 0 spiro atoms. The van der Waals surface area contributed by atoms with Gasteiger partial charge in [-0.25, -0.2) is 0 Å². The molecule has 0 radical (unpaired) electrons. The van der Waals surface area contributed by atoms with Crippen molar-refractivity contribution in [3.05, 3.63) is 56.7 Å². The molecule has 1 fully saturated rings. The van der Waals surface area contributed by atoms with Gasteiger partial charge in [-0.15, -0.1) is 0 Å². The molecule has 28 heavy (non-hydrogen) atoms. The van der Waals surface area contributed by atoms with Crippen LogP contribution in [0, 0.1) is 10.1 Å². The van der Waals surface area contributed by atoms with Gasteiger partial charge < -0.3 is 24.7 Å². The van der Waals surface area contributed by atoms with E-state index in [0.29, 0.717) is 42.0 Å². The monoisotopic (exact) mass is 424 g/mol. The third-order valence-corrected chi connectivity index (χ3v) is 4.95. The molecule has 1 aromatic heterocycles. The van der Waals surface area contributed by atoms with Crippen LogP contribution in [0.2, 0.25) is 10.0 Å². The van der Waals surface area contributed by atoms with E-state index in [1.54, 1.807) is 36.1 Å². The Morgan fingerprint density at radius 1 is 1.21 bits per heavy atom. The second-order valence-electron chi connectivity index (χ2n) is 6.28. The number of hydrogen-bond acceptors (Lipinski definition) is 6. The summed E-state index contributed by atoms with van der Waals surface area (Å²) in [4.78, 5) is 30.4. The Hall–Kier alpha value is -2.58. The second-order valence-corrected chi connectivity index (χ2v) is 7.12. The van der Waals surface area contributed by atoms with Gasteiger partial charge in [0.25, 0.3) is 5.91 Å². The maximum Gasteiger partial charge on any atom is 0.363 e. The summed E-state index contributed by atoms with van der Waals surface area (Å²) in [7, 11) is 0. The van der Waals surface area contributed by atoms with Crippen LogP contribution in [0.1, 0.15) is 6.92 Å². The predicted molar refractivity (Wildman–Crippen MR) is 106 cm³/mol. The van der Waals surface area contributed by atoms with Crippen molar-refractivity contribution in [3.63, 3.8) is 0 Å². The molecule has 3 rings (SSSR count). The summed E-state index contributed by atoms with van der Waals surface area (Å²) in [6.07, 6.45) is 0.787. The zero-order chi connectivity index (χ0) is 20.3. The minimum Gasteiger partial charge on any atom is -0.479 e. The number of nitrogens with zero attached hydrogens (tertiary/aromatic N) is 4. The summed E-state index contributed by atoms with van der Waals surface area (Å²) < 4.78 is 5.69. The Kier molecular flexibility index (Phi) is 6.21. The molecule has 1 aromatic carbocycles. The van der Waals surface area contributed by atoms with Gasteiger partial charge in [0.15, 0.2) is 12.3 Å². The summed E-state index contributed by atoms with van der Waals surface area (Å²) in [6, 6.07) is 7.88. The Morgan fingerprint density at radius 2 is 1.93 bits per heavy atom. The van der Waals surface area contributed by atoms with E-state index in [1.165, 1.54) is 12.3 Å². The van der Waals surface area contributed by atoms with E-state index in [9.17, 15) is 14.9 Å². The smallest absolute Gasteiger partial charge is 0.363 e. The van der Waals surface area contributed by atoms with Crippen LogP contribution in [-0.4, -0.2) is 53.0 Å². The fraction of sp³-hybridized carbons (Fsp3) is 0.333. The van der Waals surface area contributed by atoms with E-state index in [2.05, 4.69) is 4.98 Å². The molecule has 2 aromatic rings. The van der Waals surface area contributed by atoms with Gasteiger partial charge in [-0.05, 0) is 41.1 Å². The van der Waals surface area contributed by atoms with Crippen LogP contribution in [0.15, 0.2) is 36.5 Å². The molecule has 2 heterocycles. The average Bonchev–Trinajstić information content (AvgIpc) is 2.69. The van der Waals surface area contributed by atoms with Gasteiger partial charge in [-0.1, -0.05) is 23.2 Å². The maximum atomic E-state index is 12.7. The summed E-state index contributed by atoms with van der Waals surface area (Å²) >= 11 is 12.0. The molecular weight excluding hydrogens is 407 g/mol. The molecule has 8 nitrogen and oxygen atoms in total. The van der Waals surface area contributed by atoms with E-state index in [0.717, 1.165) is 5.69 Å². The lowest BCUT2D eigenvalue weighted by Crippen LogP contribution is -2.52. The van der Waals surface area contributed by atoms with Gasteiger partial charge in [-0.2, -0.15) is 0 Å². The van der Waals surface area contributed by atoms with Crippen molar-refractivity contribution in [1.29, 1.82) is 0 Å². The number of anilines is 1. The molecule has 1 atom stereocenters. The molecule has 148 valence electrons. The van der Waals surface area contributed by atoms with E-state index < -0.39 is 11.0 Å². The third kappa shape index (κ3) is 4.63. The number of hydrogen-bond donors (Lipinski definition) is 0. The Balaban J connectivity index is 1.56. The van der Waals surface area contributed by atoms with Crippen LogP contribution in [0.5, 0.6) is 5.75 Å². The lowest BCUT2D eigenvalue weighted by Gasteiger charge is -2.36. The van der Waals surface area contributed by atoms with Gasteiger partial charge in [-0.3, -0.25) is 4.79 Å². The van der Waals surface area contributed by atoms with Crippen molar-refractivity contribution in [1.82, 2.24) is 9.88 Å². The molecule has 10 heteroatoms. The van der Waals surface area contributed by atoms with Gasteiger partial charge in [0.05, 0.1) is 10.7 Å². The van der Waals surface area contributed by atoms with Crippen LogP contribution in [0.3, 0.4) is 0 Å². The number of benzene rings is 1. The highest BCUT2D eigenvalue weighted by Crippen LogP contribution is 2.28. The van der Waals surface area contributed by atoms with Gasteiger partial charge in [0.2, 0.25) is 0 Å². The summed E-state index contributed by atoms with van der Waals surface area (Å²) in [6.45, 7) is 3.90.